The van der Waals surface area contributed by atoms with E-state index in [9.17, 15) is 4.79 Å². The number of rotatable bonds is 1. The van der Waals surface area contributed by atoms with Gasteiger partial charge in [0.1, 0.15) is 5.76 Å². The van der Waals surface area contributed by atoms with Gasteiger partial charge < -0.3 is 4.74 Å². The van der Waals surface area contributed by atoms with Gasteiger partial charge in [0.25, 0.3) is 0 Å². The van der Waals surface area contributed by atoms with Crippen LogP contribution in [0.15, 0.2) is 11.3 Å². The van der Waals surface area contributed by atoms with Crippen LogP contribution in [0.5, 0.6) is 0 Å². The van der Waals surface area contributed by atoms with Crippen molar-refractivity contribution in [3.8, 4) is 0 Å². The van der Waals surface area contributed by atoms with Gasteiger partial charge in [-0.1, -0.05) is 6.42 Å². The van der Waals surface area contributed by atoms with Crippen LogP contribution in [0.4, 0.5) is 0 Å². The molecule has 2 aliphatic rings. The van der Waals surface area contributed by atoms with E-state index in [1.807, 2.05) is 0 Å². The molecule has 0 spiro atoms. The van der Waals surface area contributed by atoms with Gasteiger partial charge in [-0.05, 0) is 31.3 Å². The van der Waals surface area contributed by atoms with Crippen molar-refractivity contribution < 1.29 is 9.53 Å². The number of aldehydes is 1. The molecule has 1 aliphatic carbocycles. The average Bonchev–Trinajstić information content (AvgIpc) is 2.85. The van der Waals surface area contributed by atoms with Crippen LogP contribution >= 0.6 is 0 Å². The van der Waals surface area contributed by atoms with Crippen LogP contribution in [0.2, 0.25) is 0 Å². The third-order valence-corrected chi connectivity index (χ3v) is 2.38. The molecule has 0 amide bonds. The summed E-state index contributed by atoms with van der Waals surface area (Å²) in [4.78, 5) is 10.3. The molecule has 1 atom stereocenters. The molecule has 1 aliphatic heterocycles. The lowest BCUT2D eigenvalue weighted by atomic mass is 9.94. The van der Waals surface area contributed by atoms with Gasteiger partial charge in [0.15, 0.2) is 6.29 Å². The molecule has 0 N–H and O–H groups in total. The fraction of sp³-hybridized carbons (Fsp3) is 0.667. The highest BCUT2D eigenvalue weighted by Gasteiger charge is 2.35. The summed E-state index contributed by atoms with van der Waals surface area (Å²) in [5.74, 6) is 0.986. The number of carbonyl (C=O) groups excluding carboxylic acids is 1. The normalized spacial score (nSPS) is 29.6. The van der Waals surface area contributed by atoms with E-state index in [1.54, 1.807) is 0 Å². The van der Waals surface area contributed by atoms with E-state index in [2.05, 4.69) is 0 Å². The highest BCUT2D eigenvalue weighted by molar-refractivity contribution is 5.66. The van der Waals surface area contributed by atoms with E-state index in [1.165, 1.54) is 24.8 Å². The molecule has 1 saturated heterocycles. The van der Waals surface area contributed by atoms with Gasteiger partial charge in [-0.3, -0.25) is 4.79 Å². The summed E-state index contributed by atoms with van der Waals surface area (Å²) in [5, 5.41) is 0. The van der Waals surface area contributed by atoms with Gasteiger partial charge in [0.2, 0.25) is 6.10 Å². The molecule has 0 radical (unpaired) electrons. The predicted molar refractivity (Wildman–Crippen MR) is 41.0 cm³/mol. The van der Waals surface area contributed by atoms with Crippen molar-refractivity contribution in [3.05, 3.63) is 11.3 Å². The maximum absolute atomic E-state index is 10.3. The van der Waals surface area contributed by atoms with Gasteiger partial charge in [-0.15, -0.1) is 0 Å². The second kappa shape index (κ2) is 2.68. The molecule has 11 heavy (non-hydrogen) atoms. The fourth-order valence-electron chi connectivity index (χ4n) is 1.70. The number of allylic oxidation sites excluding steroid dienone is 1. The molecule has 2 heteroatoms. The lowest BCUT2D eigenvalue weighted by molar-refractivity contribution is -0.108. The minimum atomic E-state index is -0.164. The van der Waals surface area contributed by atoms with Crippen LogP contribution in [-0.2, 0) is 9.53 Å². The van der Waals surface area contributed by atoms with Gasteiger partial charge in [-0.25, -0.2) is 0 Å². The average molecular weight is 152 g/mol. The first-order valence-electron chi connectivity index (χ1n) is 4.25. The molecular formula is C9H12O2. The smallest absolute Gasteiger partial charge is 0.210 e. The summed E-state index contributed by atoms with van der Waals surface area (Å²) < 4.78 is 5.12. The molecule has 2 fully saturated rings. The maximum Gasteiger partial charge on any atom is 0.210 e. The van der Waals surface area contributed by atoms with Crippen LogP contribution in [0.1, 0.15) is 32.1 Å². The van der Waals surface area contributed by atoms with Gasteiger partial charge in [0.05, 0.1) is 0 Å². The Morgan fingerprint density at radius 3 is 2.55 bits per heavy atom. The first kappa shape index (κ1) is 6.89. The van der Waals surface area contributed by atoms with E-state index in [4.69, 9.17) is 4.74 Å². The molecule has 60 valence electrons. The number of epoxide rings is 1. The van der Waals surface area contributed by atoms with Crippen molar-refractivity contribution in [1.82, 2.24) is 0 Å². The molecule has 2 nitrogen and oxygen atoms in total. The minimum absolute atomic E-state index is 0.164. The van der Waals surface area contributed by atoms with Crippen molar-refractivity contribution >= 4 is 6.29 Å². The zero-order valence-corrected chi connectivity index (χ0v) is 6.51. The van der Waals surface area contributed by atoms with Crippen LogP contribution in [0.25, 0.3) is 0 Å². The molecule has 0 aromatic carbocycles. The van der Waals surface area contributed by atoms with Crippen molar-refractivity contribution in [2.24, 2.45) is 0 Å². The van der Waals surface area contributed by atoms with E-state index < -0.39 is 0 Å². The Kier molecular flexibility index (Phi) is 1.68. The molecule has 1 unspecified atom stereocenters. The Labute approximate surface area is 66.2 Å². The molecule has 0 bridgehead atoms. The Morgan fingerprint density at radius 2 is 2.00 bits per heavy atom. The Morgan fingerprint density at radius 1 is 1.27 bits per heavy atom. The summed E-state index contributed by atoms with van der Waals surface area (Å²) in [7, 11) is 0. The lowest BCUT2D eigenvalue weighted by Crippen LogP contribution is -1.95. The Hall–Kier alpha value is -0.790. The predicted octanol–water partition coefficient (Wildman–Crippen LogP) is 1.80. The first-order chi connectivity index (χ1) is 5.42. The number of ether oxygens (including phenoxy) is 1. The van der Waals surface area contributed by atoms with Crippen molar-refractivity contribution in [2.45, 2.75) is 38.2 Å². The van der Waals surface area contributed by atoms with E-state index in [0.717, 1.165) is 24.9 Å². The molecule has 1 heterocycles. The lowest BCUT2D eigenvalue weighted by Gasteiger charge is -2.10. The molecule has 1 saturated carbocycles. The van der Waals surface area contributed by atoms with E-state index >= 15 is 0 Å². The SMILES string of the molecule is O=CC1OC1=C1CCCCC1. The van der Waals surface area contributed by atoms with Crippen molar-refractivity contribution in [3.63, 3.8) is 0 Å². The third kappa shape index (κ3) is 1.30. The Balaban J connectivity index is 2.03. The summed E-state index contributed by atoms with van der Waals surface area (Å²) in [6, 6.07) is 0. The third-order valence-electron chi connectivity index (χ3n) is 2.38. The largest absolute Gasteiger partial charge is 0.475 e. The zero-order chi connectivity index (χ0) is 7.68. The molecular weight excluding hydrogens is 140 g/mol. The molecule has 0 aromatic heterocycles. The summed E-state index contributed by atoms with van der Waals surface area (Å²) >= 11 is 0. The molecule has 2 rings (SSSR count). The topological polar surface area (TPSA) is 29.6 Å². The van der Waals surface area contributed by atoms with Gasteiger partial charge in [-0.2, -0.15) is 0 Å². The molecule has 0 aromatic rings. The quantitative estimate of drug-likeness (QED) is 0.423. The second-order valence-electron chi connectivity index (χ2n) is 3.20. The fourth-order valence-corrected chi connectivity index (χ4v) is 1.70. The van der Waals surface area contributed by atoms with Crippen LogP contribution in [0, 0.1) is 0 Å². The van der Waals surface area contributed by atoms with E-state index in [-0.39, 0.29) is 6.10 Å². The highest BCUT2D eigenvalue weighted by atomic mass is 16.6. The van der Waals surface area contributed by atoms with Gasteiger partial charge in [0, 0.05) is 0 Å². The summed E-state index contributed by atoms with van der Waals surface area (Å²) in [6.45, 7) is 0. The standard InChI is InChI=1S/C9H12O2/c10-6-8-9(11-8)7-4-2-1-3-5-7/h6,8H,1-5H2. The van der Waals surface area contributed by atoms with E-state index in [0.29, 0.717) is 0 Å². The van der Waals surface area contributed by atoms with Crippen LogP contribution < -0.4 is 0 Å². The second-order valence-corrected chi connectivity index (χ2v) is 3.20. The Bertz CT molecular complexity index is 198. The summed E-state index contributed by atoms with van der Waals surface area (Å²) in [5.41, 5.74) is 1.40. The van der Waals surface area contributed by atoms with Crippen molar-refractivity contribution in [2.75, 3.05) is 0 Å². The number of carbonyl (C=O) groups is 1. The monoisotopic (exact) mass is 152 g/mol. The zero-order valence-electron chi connectivity index (χ0n) is 6.51. The van der Waals surface area contributed by atoms with Crippen LogP contribution in [-0.4, -0.2) is 12.4 Å². The number of hydrogen-bond acceptors (Lipinski definition) is 2. The summed E-state index contributed by atoms with van der Waals surface area (Å²) in [6.07, 6.45) is 6.91. The maximum atomic E-state index is 10.3. The first-order valence-corrected chi connectivity index (χ1v) is 4.25. The minimum Gasteiger partial charge on any atom is -0.475 e. The van der Waals surface area contributed by atoms with Gasteiger partial charge >= 0.3 is 0 Å². The van der Waals surface area contributed by atoms with Crippen molar-refractivity contribution in [1.29, 1.82) is 0 Å². The number of hydrogen-bond donors (Lipinski definition) is 0. The highest BCUT2D eigenvalue weighted by Crippen LogP contribution is 2.36. The van der Waals surface area contributed by atoms with Crippen LogP contribution in [0.3, 0.4) is 0 Å².